The van der Waals surface area contributed by atoms with Crippen LogP contribution in [0.4, 0.5) is 0 Å². The van der Waals surface area contributed by atoms with Crippen LogP contribution in [-0.2, 0) is 16.6 Å². The number of aromatic nitrogens is 3. The number of thiazole rings is 1. The lowest BCUT2D eigenvalue weighted by atomic mass is 10.4. The number of nitrogens with zero attached hydrogens (tertiary/aromatic N) is 3. The molecule has 7 nitrogen and oxygen atoms in total. The Balaban J connectivity index is 2.13. The van der Waals surface area contributed by atoms with Gasteiger partial charge in [-0.2, -0.15) is 5.10 Å². The van der Waals surface area contributed by atoms with Gasteiger partial charge in [0, 0.05) is 17.8 Å². The zero-order valence-electron chi connectivity index (χ0n) is 10.2. The van der Waals surface area contributed by atoms with Crippen LogP contribution in [0.5, 0.6) is 0 Å². The minimum atomic E-state index is -3.63. The smallest absolute Gasteiger partial charge is 0.244 e. The third-order valence-electron chi connectivity index (χ3n) is 2.40. The van der Waals surface area contributed by atoms with Crippen molar-refractivity contribution in [3.8, 4) is 0 Å². The Morgan fingerprint density at radius 1 is 1.58 bits per heavy atom. The maximum atomic E-state index is 12.1. The lowest BCUT2D eigenvalue weighted by Crippen LogP contribution is -2.26. The molecule has 0 bridgehead atoms. The fourth-order valence-electron chi connectivity index (χ4n) is 1.51. The first-order valence-corrected chi connectivity index (χ1v) is 7.94. The van der Waals surface area contributed by atoms with Crippen LogP contribution < -0.4 is 4.72 Å². The Morgan fingerprint density at radius 3 is 3.00 bits per heavy atom. The fourth-order valence-corrected chi connectivity index (χ4v) is 3.39. The summed E-state index contributed by atoms with van der Waals surface area (Å²) in [5.41, 5.74) is 0. The van der Waals surface area contributed by atoms with Gasteiger partial charge in [0.15, 0.2) is 0 Å². The van der Waals surface area contributed by atoms with Crippen LogP contribution in [0.2, 0.25) is 0 Å². The van der Waals surface area contributed by atoms with E-state index in [9.17, 15) is 8.42 Å². The van der Waals surface area contributed by atoms with Gasteiger partial charge < -0.3 is 5.11 Å². The Bertz CT molecular complexity index is 621. The first-order valence-electron chi connectivity index (χ1n) is 5.58. The molecule has 0 aliphatic heterocycles. The molecule has 0 aliphatic carbocycles. The Morgan fingerprint density at radius 2 is 2.37 bits per heavy atom. The van der Waals surface area contributed by atoms with Gasteiger partial charge in [0.05, 0.1) is 25.4 Å². The van der Waals surface area contributed by atoms with Crippen molar-refractivity contribution < 1.29 is 13.5 Å². The van der Waals surface area contributed by atoms with E-state index in [1.807, 2.05) is 0 Å². The van der Waals surface area contributed by atoms with Crippen LogP contribution in [0.3, 0.4) is 0 Å². The Kier molecular flexibility index (Phi) is 4.30. The zero-order valence-corrected chi connectivity index (χ0v) is 11.9. The number of sulfonamides is 1. The van der Waals surface area contributed by atoms with Crippen LogP contribution >= 0.6 is 11.3 Å². The van der Waals surface area contributed by atoms with Gasteiger partial charge in [-0.15, -0.1) is 11.3 Å². The molecule has 0 saturated heterocycles. The number of aliphatic hydroxyl groups excluding tert-OH is 1. The summed E-state index contributed by atoms with van der Waals surface area (Å²) >= 11 is 1.39. The van der Waals surface area contributed by atoms with Gasteiger partial charge in [-0.3, -0.25) is 4.68 Å². The summed E-state index contributed by atoms with van der Waals surface area (Å²) in [6, 6.07) is -0.397. The lowest BCUT2D eigenvalue weighted by Gasteiger charge is -2.10. The van der Waals surface area contributed by atoms with E-state index in [0.29, 0.717) is 5.01 Å². The summed E-state index contributed by atoms with van der Waals surface area (Å²) in [6.45, 7) is 1.90. The molecule has 0 aliphatic rings. The average molecular weight is 302 g/mol. The van der Waals surface area contributed by atoms with Gasteiger partial charge in [0.2, 0.25) is 10.0 Å². The molecule has 2 aromatic heterocycles. The van der Waals surface area contributed by atoms with Gasteiger partial charge in [-0.25, -0.2) is 18.1 Å². The molecule has 2 heterocycles. The number of hydrogen-bond donors (Lipinski definition) is 2. The van der Waals surface area contributed by atoms with Gasteiger partial charge in [-0.1, -0.05) is 0 Å². The summed E-state index contributed by atoms with van der Waals surface area (Å²) in [6.07, 6.45) is 4.27. The van der Waals surface area contributed by atoms with Gasteiger partial charge in [0.1, 0.15) is 9.90 Å². The van der Waals surface area contributed by atoms with Crippen molar-refractivity contribution in [2.24, 2.45) is 0 Å². The van der Waals surface area contributed by atoms with Crippen molar-refractivity contribution in [2.45, 2.75) is 24.4 Å². The quantitative estimate of drug-likeness (QED) is 0.803. The maximum absolute atomic E-state index is 12.1. The molecule has 0 radical (unpaired) electrons. The molecule has 2 aromatic rings. The van der Waals surface area contributed by atoms with E-state index < -0.39 is 16.1 Å². The molecule has 1 atom stereocenters. The van der Waals surface area contributed by atoms with Crippen LogP contribution in [0, 0.1) is 0 Å². The summed E-state index contributed by atoms with van der Waals surface area (Å²) < 4.78 is 28.1. The number of nitrogens with one attached hydrogen (secondary N) is 1. The molecule has 2 N–H and O–H groups in total. The molecule has 1 unspecified atom stereocenters. The van der Waals surface area contributed by atoms with Crippen molar-refractivity contribution in [1.29, 1.82) is 0 Å². The van der Waals surface area contributed by atoms with Crippen molar-refractivity contribution >= 4 is 21.4 Å². The van der Waals surface area contributed by atoms with E-state index in [-0.39, 0.29) is 18.0 Å². The second-order valence-corrected chi connectivity index (χ2v) is 6.52. The molecular weight excluding hydrogens is 288 g/mol. The van der Waals surface area contributed by atoms with E-state index in [1.54, 1.807) is 18.5 Å². The number of rotatable bonds is 6. The predicted molar refractivity (Wildman–Crippen MR) is 70.2 cm³/mol. The molecule has 104 valence electrons. The van der Waals surface area contributed by atoms with E-state index in [0.717, 1.165) is 0 Å². The lowest BCUT2D eigenvalue weighted by molar-refractivity contribution is 0.269. The van der Waals surface area contributed by atoms with Gasteiger partial charge >= 0.3 is 0 Å². The van der Waals surface area contributed by atoms with E-state index >= 15 is 0 Å². The highest BCUT2D eigenvalue weighted by atomic mass is 32.2. The maximum Gasteiger partial charge on any atom is 0.244 e. The first-order chi connectivity index (χ1) is 9.03. The molecule has 0 saturated carbocycles. The summed E-state index contributed by atoms with van der Waals surface area (Å²) in [4.78, 5) is 4.14. The van der Waals surface area contributed by atoms with Crippen molar-refractivity contribution in [3.05, 3.63) is 29.0 Å². The highest BCUT2D eigenvalue weighted by Crippen LogP contribution is 2.18. The second-order valence-electron chi connectivity index (χ2n) is 3.88. The summed E-state index contributed by atoms with van der Waals surface area (Å²) in [5, 5.41) is 15.1. The van der Waals surface area contributed by atoms with E-state index in [1.165, 1.54) is 28.4 Å². The normalized spacial score (nSPS) is 13.6. The minimum Gasteiger partial charge on any atom is -0.394 e. The Hall–Kier alpha value is -1.29. The fraction of sp³-hybridized carbons (Fsp3) is 0.400. The number of aliphatic hydroxyl groups is 1. The monoisotopic (exact) mass is 302 g/mol. The highest BCUT2D eigenvalue weighted by Gasteiger charge is 2.21. The first kappa shape index (κ1) is 14.1. The third-order valence-corrected chi connectivity index (χ3v) is 4.86. The molecule has 0 fully saturated rings. The van der Waals surface area contributed by atoms with Crippen LogP contribution in [-0.4, -0.2) is 34.9 Å². The molecule has 2 rings (SSSR count). The zero-order chi connectivity index (χ0) is 13.9. The topological polar surface area (TPSA) is 97.1 Å². The van der Waals surface area contributed by atoms with Crippen molar-refractivity contribution in [1.82, 2.24) is 19.5 Å². The standard InChI is InChI=1S/C10H14N4O3S2/c1-8(10-11-2-5-18-10)13-19(16,17)9-6-12-14(7-9)3-4-15/h2,5-8,13,15H,3-4H2,1H3. The largest absolute Gasteiger partial charge is 0.394 e. The summed E-state index contributed by atoms with van der Waals surface area (Å²) in [7, 11) is -3.63. The minimum absolute atomic E-state index is 0.0735. The molecule has 9 heteroatoms. The SMILES string of the molecule is CC(NS(=O)(=O)c1cnn(CCO)c1)c1nccs1. The van der Waals surface area contributed by atoms with E-state index in [4.69, 9.17) is 5.11 Å². The van der Waals surface area contributed by atoms with Crippen LogP contribution in [0.15, 0.2) is 28.9 Å². The van der Waals surface area contributed by atoms with Crippen LogP contribution in [0.1, 0.15) is 18.0 Å². The third kappa shape index (κ3) is 3.38. The second kappa shape index (κ2) is 5.78. The van der Waals surface area contributed by atoms with Gasteiger partial charge in [-0.05, 0) is 6.92 Å². The molecule has 19 heavy (non-hydrogen) atoms. The Labute approximate surface area is 115 Å². The molecule has 0 aromatic carbocycles. The van der Waals surface area contributed by atoms with Crippen molar-refractivity contribution in [3.63, 3.8) is 0 Å². The molecule has 0 amide bonds. The van der Waals surface area contributed by atoms with Crippen LogP contribution in [0.25, 0.3) is 0 Å². The van der Waals surface area contributed by atoms with Crippen molar-refractivity contribution in [2.75, 3.05) is 6.61 Å². The summed E-state index contributed by atoms with van der Waals surface area (Å²) in [5.74, 6) is 0. The highest BCUT2D eigenvalue weighted by molar-refractivity contribution is 7.89. The predicted octanol–water partition coefficient (Wildman–Crippen LogP) is 0.371. The van der Waals surface area contributed by atoms with Gasteiger partial charge in [0.25, 0.3) is 0 Å². The number of hydrogen-bond acceptors (Lipinski definition) is 6. The molecule has 0 spiro atoms. The van der Waals surface area contributed by atoms with E-state index in [2.05, 4.69) is 14.8 Å². The average Bonchev–Trinajstić information content (AvgIpc) is 2.99. The molecular formula is C10H14N4O3S2.